The highest BCUT2D eigenvalue weighted by atomic mass is 16.3. The smallest absolute Gasteiger partial charge is 0.169 e. The van der Waals surface area contributed by atoms with Gasteiger partial charge in [0.25, 0.3) is 0 Å². The number of imidazole rings is 1. The van der Waals surface area contributed by atoms with E-state index in [9.17, 15) is 30.6 Å². The van der Waals surface area contributed by atoms with E-state index in [1.54, 1.807) is 30.4 Å². The molecule has 0 bridgehead atoms. The Kier molecular flexibility index (Phi) is 9.56. The molecule has 0 amide bonds. The fraction of sp³-hybridized carbons (Fsp3) is 0.396. The van der Waals surface area contributed by atoms with Crippen LogP contribution in [0.15, 0.2) is 85.3 Å². The number of hydrogen-bond donors (Lipinski definition) is 8. The topological polar surface area (TPSA) is 162 Å². The van der Waals surface area contributed by atoms with Gasteiger partial charge in [-0.25, -0.2) is 4.98 Å². The fourth-order valence-electron chi connectivity index (χ4n) is 12.2. The molecule has 4 aliphatic rings. The molecule has 5 atom stereocenters. The summed E-state index contributed by atoms with van der Waals surface area (Å²) < 4.78 is 0. The molecule has 3 fully saturated rings. The molecule has 0 saturated heterocycles. The minimum absolute atomic E-state index is 0.104. The lowest BCUT2D eigenvalue weighted by atomic mass is 9.39. The first-order valence-corrected chi connectivity index (χ1v) is 20.7. The summed E-state index contributed by atoms with van der Waals surface area (Å²) in [5.41, 5.74) is 5.16. The van der Waals surface area contributed by atoms with Gasteiger partial charge in [-0.1, -0.05) is 86.0 Å². The Morgan fingerprint density at radius 3 is 2.35 bits per heavy atom. The largest absolute Gasteiger partial charge is 0.507 e. The van der Waals surface area contributed by atoms with Gasteiger partial charge in [-0.2, -0.15) is 0 Å². The first-order chi connectivity index (χ1) is 27.7. The maximum absolute atomic E-state index is 12.0. The zero-order valence-corrected chi connectivity index (χ0v) is 32.3. The standard InChI is InChI=1S/C48H53N3O6/c52-37-18-14-31(25-40(37)55)13-16-34-35-6-3-7-38(53)42(35)44(57)43(56)36(34)17-12-30-8-10-32(11-9-30)26-49-28-48(41-27-50-29-51-41)45-39(54)19-15-33-5-4-22-47(33,45)24-23-46(48)20-1-2-21-46/h3,6-11,13-16,18-19,25,27,29,33,39,45,49,52-57H,1-2,4-5,12,17,20-24,26,28H2,(H,50,51). The monoisotopic (exact) mass is 767 g/mol. The van der Waals surface area contributed by atoms with Crippen LogP contribution < -0.4 is 5.32 Å². The van der Waals surface area contributed by atoms with E-state index in [0.717, 1.165) is 17.7 Å². The average Bonchev–Trinajstić information content (AvgIpc) is 4.01. The minimum atomic E-state index is -0.492. The third-order valence-electron chi connectivity index (χ3n) is 14.7. The number of allylic oxidation sites excluding steroid dienone is 1. The molecule has 296 valence electrons. The van der Waals surface area contributed by atoms with Crippen molar-refractivity contribution in [3.63, 3.8) is 0 Å². The van der Waals surface area contributed by atoms with Gasteiger partial charge in [0.05, 0.1) is 17.8 Å². The number of hydrogen-bond acceptors (Lipinski definition) is 8. The van der Waals surface area contributed by atoms with Gasteiger partial charge in [0.1, 0.15) is 5.75 Å². The van der Waals surface area contributed by atoms with Crippen molar-refractivity contribution in [2.24, 2.45) is 22.7 Å². The number of phenolic OH excluding ortho intramolecular Hbond substituents is 5. The van der Waals surface area contributed by atoms with Gasteiger partial charge in [0.15, 0.2) is 23.0 Å². The van der Waals surface area contributed by atoms with E-state index in [-0.39, 0.29) is 56.3 Å². The lowest BCUT2D eigenvalue weighted by Crippen LogP contribution is -2.67. The molecule has 9 nitrogen and oxygen atoms in total. The van der Waals surface area contributed by atoms with Crippen LogP contribution in [0.2, 0.25) is 0 Å². The number of phenols is 5. The van der Waals surface area contributed by atoms with E-state index in [2.05, 4.69) is 51.7 Å². The number of nitrogens with zero attached hydrogens (tertiary/aromatic N) is 1. The fourth-order valence-corrected chi connectivity index (χ4v) is 12.2. The molecule has 8 N–H and O–H groups in total. The predicted molar refractivity (Wildman–Crippen MR) is 222 cm³/mol. The van der Waals surface area contributed by atoms with Gasteiger partial charge in [-0.05, 0) is 114 Å². The maximum Gasteiger partial charge on any atom is 0.169 e. The summed E-state index contributed by atoms with van der Waals surface area (Å²) in [5.74, 6) is -0.609. The number of H-pyrrole nitrogens is 1. The number of aromatic hydroxyl groups is 5. The first-order valence-electron chi connectivity index (χ1n) is 20.7. The summed E-state index contributed by atoms with van der Waals surface area (Å²) in [4.78, 5) is 8.18. The minimum Gasteiger partial charge on any atom is -0.507 e. The van der Waals surface area contributed by atoms with Crippen LogP contribution in [0.5, 0.6) is 28.7 Å². The summed E-state index contributed by atoms with van der Waals surface area (Å²) in [6.45, 7) is 1.45. The van der Waals surface area contributed by atoms with E-state index in [0.29, 0.717) is 47.4 Å². The van der Waals surface area contributed by atoms with Crippen molar-refractivity contribution < 1.29 is 30.6 Å². The van der Waals surface area contributed by atoms with Crippen LogP contribution in [0.25, 0.3) is 22.9 Å². The quantitative estimate of drug-likeness (QED) is 0.0398. The number of aliphatic hydroxyl groups excluding tert-OH is 1. The Labute approximate surface area is 333 Å². The molecule has 1 aromatic heterocycles. The molecule has 5 aromatic rings. The normalized spacial score (nSPS) is 26.4. The second-order valence-electron chi connectivity index (χ2n) is 17.3. The molecule has 4 aromatic carbocycles. The molecule has 0 radical (unpaired) electrons. The SMILES string of the molecule is Oc1ccc(C=Cc2c(CCc3ccc(CNCC4(c5cnc[nH]5)C5C(O)C=CC6CCCC65CCC45CCCC5)cc3)c(O)c(O)c3c(O)cccc23)cc1O. The number of aliphatic hydroxyl groups is 1. The van der Waals surface area contributed by atoms with Crippen molar-refractivity contribution in [3.05, 3.63) is 119 Å². The number of nitrogens with one attached hydrogen (secondary N) is 2. The van der Waals surface area contributed by atoms with E-state index < -0.39 is 6.10 Å². The molecular formula is C48H53N3O6. The van der Waals surface area contributed by atoms with E-state index in [4.69, 9.17) is 0 Å². The molecule has 57 heavy (non-hydrogen) atoms. The van der Waals surface area contributed by atoms with Crippen molar-refractivity contribution >= 4 is 22.9 Å². The molecule has 0 aliphatic heterocycles. The Morgan fingerprint density at radius 1 is 0.772 bits per heavy atom. The Balaban J connectivity index is 0.964. The van der Waals surface area contributed by atoms with Crippen molar-refractivity contribution in [1.29, 1.82) is 0 Å². The number of benzene rings is 4. The van der Waals surface area contributed by atoms with Gasteiger partial charge < -0.3 is 40.9 Å². The van der Waals surface area contributed by atoms with Crippen molar-refractivity contribution in [3.8, 4) is 28.7 Å². The molecule has 2 spiro atoms. The van der Waals surface area contributed by atoms with Gasteiger partial charge in [0, 0.05) is 41.9 Å². The highest BCUT2D eigenvalue weighted by Gasteiger charge is 2.69. The van der Waals surface area contributed by atoms with E-state index in [1.165, 1.54) is 81.7 Å². The van der Waals surface area contributed by atoms with E-state index in [1.807, 2.05) is 12.5 Å². The second-order valence-corrected chi connectivity index (χ2v) is 17.3. The third kappa shape index (κ3) is 6.09. The highest BCUT2D eigenvalue weighted by Crippen LogP contribution is 2.72. The first kappa shape index (κ1) is 37.3. The molecule has 9 rings (SSSR count). The van der Waals surface area contributed by atoms with Gasteiger partial charge in [0.2, 0.25) is 0 Å². The van der Waals surface area contributed by atoms with Gasteiger partial charge in [-0.3, -0.25) is 0 Å². The summed E-state index contributed by atoms with van der Waals surface area (Å²) in [6, 6.07) is 18.0. The third-order valence-corrected chi connectivity index (χ3v) is 14.7. The van der Waals surface area contributed by atoms with Crippen molar-refractivity contribution in [1.82, 2.24) is 15.3 Å². The number of fused-ring (bicyclic) bond motifs is 1. The zero-order chi connectivity index (χ0) is 39.4. The van der Waals surface area contributed by atoms with Crippen LogP contribution in [0.1, 0.15) is 91.3 Å². The Hall–Kier alpha value is -5.25. The number of aromatic amines is 1. The molecule has 9 heteroatoms. The lowest BCUT2D eigenvalue weighted by Gasteiger charge is -2.65. The lowest BCUT2D eigenvalue weighted by molar-refractivity contribution is -0.136. The van der Waals surface area contributed by atoms with E-state index >= 15 is 0 Å². The molecular weight excluding hydrogens is 715 g/mol. The van der Waals surface area contributed by atoms with Crippen LogP contribution in [-0.2, 0) is 24.8 Å². The highest BCUT2D eigenvalue weighted by molar-refractivity contribution is 6.03. The van der Waals surface area contributed by atoms with Crippen LogP contribution in [0, 0.1) is 22.7 Å². The van der Waals surface area contributed by atoms with Gasteiger partial charge in [-0.15, -0.1) is 0 Å². The average molecular weight is 768 g/mol. The molecule has 3 saturated carbocycles. The second kappa shape index (κ2) is 14.6. The number of rotatable bonds is 10. The maximum atomic E-state index is 12.0. The predicted octanol–water partition coefficient (Wildman–Crippen LogP) is 8.76. The number of aromatic nitrogens is 2. The summed E-state index contributed by atoms with van der Waals surface area (Å²) in [6.07, 6.45) is 23.2. The van der Waals surface area contributed by atoms with Crippen molar-refractivity contribution in [2.75, 3.05) is 6.54 Å². The number of aryl methyl sites for hydroxylation is 1. The molecule has 4 aliphatic carbocycles. The Morgan fingerprint density at radius 2 is 1.58 bits per heavy atom. The Bertz CT molecular complexity index is 2330. The van der Waals surface area contributed by atoms with Crippen molar-refractivity contribution in [2.45, 2.75) is 88.7 Å². The summed E-state index contributed by atoms with van der Waals surface area (Å²) >= 11 is 0. The van der Waals surface area contributed by atoms with Crippen LogP contribution >= 0.6 is 0 Å². The zero-order valence-electron chi connectivity index (χ0n) is 32.3. The van der Waals surface area contributed by atoms with Crippen LogP contribution in [-0.4, -0.2) is 53.3 Å². The summed E-state index contributed by atoms with van der Waals surface area (Å²) in [5, 5.41) is 69.5. The molecule has 5 unspecified atom stereocenters. The van der Waals surface area contributed by atoms with Crippen LogP contribution in [0.3, 0.4) is 0 Å². The molecule has 1 heterocycles. The van der Waals surface area contributed by atoms with Gasteiger partial charge >= 0.3 is 0 Å². The summed E-state index contributed by atoms with van der Waals surface area (Å²) in [7, 11) is 0. The van der Waals surface area contributed by atoms with Crippen LogP contribution in [0.4, 0.5) is 0 Å².